The molecule has 15 heavy (non-hydrogen) atoms. The van der Waals surface area contributed by atoms with Crippen LogP contribution in [0.25, 0.3) is 0 Å². The van der Waals surface area contributed by atoms with Crippen molar-refractivity contribution in [1.82, 2.24) is 4.90 Å². The number of carbonyl (C=O) groups excluding carboxylic acids is 1. The van der Waals surface area contributed by atoms with E-state index >= 15 is 0 Å². The highest BCUT2D eigenvalue weighted by Gasteiger charge is 2.13. The van der Waals surface area contributed by atoms with Gasteiger partial charge in [-0.05, 0) is 13.0 Å². The zero-order chi connectivity index (χ0) is 11.8. The molecule has 0 aromatic carbocycles. The quantitative estimate of drug-likeness (QED) is 0.597. The Morgan fingerprint density at radius 1 is 1.47 bits per heavy atom. The van der Waals surface area contributed by atoms with Gasteiger partial charge in [-0.25, -0.2) is 0 Å². The van der Waals surface area contributed by atoms with Crippen molar-refractivity contribution >= 4 is 23.1 Å². The third kappa shape index (κ3) is 7.27. The monoisotopic (exact) mass is 231 g/mol. The third-order valence-electron chi connectivity index (χ3n) is 2.23. The molecular formula is C10H21N3OS. The molecule has 4 nitrogen and oxygen atoms in total. The number of thiocarbonyl (C=S) groups is 1. The molecule has 88 valence electrons. The number of amides is 1. The molecule has 0 aromatic rings. The summed E-state index contributed by atoms with van der Waals surface area (Å²) < 4.78 is 0. The van der Waals surface area contributed by atoms with Crippen molar-refractivity contribution in [3.05, 3.63) is 0 Å². The van der Waals surface area contributed by atoms with E-state index in [9.17, 15) is 4.79 Å². The van der Waals surface area contributed by atoms with E-state index in [0.29, 0.717) is 11.5 Å². The lowest BCUT2D eigenvalue weighted by Gasteiger charge is -2.23. The van der Waals surface area contributed by atoms with Gasteiger partial charge in [0, 0.05) is 12.5 Å². The molecule has 5 heteroatoms. The van der Waals surface area contributed by atoms with Gasteiger partial charge in [-0.15, -0.1) is 0 Å². The van der Waals surface area contributed by atoms with E-state index in [1.165, 1.54) is 0 Å². The summed E-state index contributed by atoms with van der Waals surface area (Å²) in [5, 5.41) is 0. The number of unbranched alkanes of at least 4 members (excludes halogenated alkanes) is 1. The molecule has 1 amide bonds. The van der Waals surface area contributed by atoms with Gasteiger partial charge in [-0.2, -0.15) is 0 Å². The maximum Gasteiger partial charge on any atom is 0.231 e. The van der Waals surface area contributed by atoms with Gasteiger partial charge in [-0.1, -0.05) is 32.5 Å². The number of carbonyl (C=O) groups is 1. The Morgan fingerprint density at radius 3 is 2.47 bits per heavy atom. The van der Waals surface area contributed by atoms with Crippen molar-refractivity contribution in [2.75, 3.05) is 19.6 Å². The molecule has 0 aliphatic carbocycles. The molecule has 0 aliphatic rings. The molecule has 4 N–H and O–H groups in total. The zero-order valence-electron chi connectivity index (χ0n) is 9.53. The lowest BCUT2D eigenvalue weighted by atomic mass is 10.1. The van der Waals surface area contributed by atoms with Crippen molar-refractivity contribution < 1.29 is 4.79 Å². The fourth-order valence-corrected chi connectivity index (χ4v) is 1.39. The smallest absolute Gasteiger partial charge is 0.231 e. The van der Waals surface area contributed by atoms with Gasteiger partial charge in [0.05, 0.1) is 11.5 Å². The van der Waals surface area contributed by atoms with Crippen LogP contribution in [0.1, 0.15) is 26.7 Å². The van der Waals surface area contributed by atoms with E-state index in [1.807, 2.05) is 11.8 Å². The molecular weight excluding hydrogens is 210 g/mol. The highest BCUT2D eigenvalue weighted by molar-refractivity contribution is 7.80. The van der Waals surface area contributed by atoms with Crippen LogP contribution in [-0.4, -0.2) is 35.4 Å². The number of hydrogen-bond acceptors (Lipinski definition) is 3. The highest BCUT2D eigenvalue weighted by atomic mass is 32.1. The second-order valence-electron chi connectivity index (χ2n) is 3.86. The summed E-state index contributed by atoms with van der Waals surface area (Å²) in [6.45, 7) is 5.93. The summed E-state index contributed by atoms with van der Waals surface area (Å²) in [5.41, 5.74) is 10.7. The average molecular weight is 231 g/mol. The summed E-state index contributed by atoms with van der Waals surface area (Å²) in [6, 6.07) is 0. The van der Waals surface area contributed by atoms with Gasteiger partial charge in [0.15, 0.2) is 0 Å². The van der Waals surface area contributed by atoms with Crippen LogP contribution in [0.15, 0.2) is 0 Å². The lowest BCUT2D eigenvalue weighted by Crippen LogP contribution is -2.39. The second kappa shape index (κ2) is 7.59. The molecule has 0 spiro atoms. The molecule has 0 heterocycles. The first-order valence-corrected chi connectivity index (χ1v) is 5.68. The first-order chi connectivity index (χ1) is 6.97. The summed E-state index contributed by atoms with van der Waals surface area (Å²) >= 11 is 4.90. The SMILES string of the molecule is CCCCN(CC(N)=O)CC(C)C(N)=S. The van der Waals surface area contributed by atoms with E-state index in [4.69, 9.17) is 23.7 Å². The van der Waals surface area contributed by atoms with Crippen LogP contribution in [-0.2, 0) is 4.79 Å². The van der Waals surface area contributed by atoms with Gasteiger partial charge in [0.25, 0.3) is 0 Å². The standard InChI is InChI=1S/C10H21N3OS/c1-3-4-5-13(7-9(11)14)6-8(2)10(12)15/h8H,3-7H2,1-2H3,(H2,11,14)(H2,12,15). The molecule has 0 aliphatic heterocycles. The minimum atomic E-state index is -0.304. The topological polar surface area (TPSA) is 72.3 Å². The van der Waals surface area contributed by atoms with Crippen LogP contribution in [0.4, 0.5) is 0 Å². The number of nitrogens with two attached hydrogens (primary N) is 2. The number of rotatable bonds is 8. The van der Waals surface area contributed by atoms with E-state index in [0.717, 1.165) is 19.4 Å². The van der Waals surface area contributed by atoms with Crippen LogP contribution in [0.2, 0.25) is 0 Å². The minimum absolute atomic E-state index is 0.121. The number of nitrogens with zero attached hydrogens (tertiary/aromatic N) is 1. The molecule has 1 unspecified atom stereocenters. The maximum absolute atomic E-state index is 10.8. The fraction of sp³-hybridized carbons (Fsp3) is 0.800. The third-order valence-corrected chi connectivity index (χ3v) is 2.63. The molecule has 0 saturated carbocycles. The van der Waals surface area contributed by atoms with Gasteiger partial charge in [0.1, 0.15) is 0 Å². The average Bonchev–Trinajstić information content (AvgIpc) is 2.13. The predicted molar refractivity (Wildman–Crippen MR) is 66.5 cm³/mol. The first kappa shape index (κ1) is 14.3. The van der Waals surface area contributed by atoms with Crippen LogP contribution in [0.3, 0.4) is 0 Å². The summed E-state index contributed by atoms with van der Waals surface area (Å²) in [4.78, 5) is 13.3. The lowest BCUT2D eigenvalue weighted by molar-refractivity contribution is -0.119. The second-order valence-corrected chi connectivity index (χ2v) is 4.33. The number of primary amides is 1. The van der Waals surface area contributed by atoms with Crippen molar-refractivity contribution in [2.24, 2.45) is 17.4 Å². The van der Waals surface area contributed by atoms with Crippen LogP contribution in [0, 0.1) is 5.92 Å². The predicted octanol–water partition coefficient (Wildman–Crippen LogP) is 0.496. The molecule has 0 aromatic heterocycles. The Bertz CT molecular complexity index is 221. The molecule has 0 radical (unpaired) electrons. The molecule has 0 fully saturated rings. The molecule has 1 atom stereocenters. The van der Waals surface area contributed by atoms with E-state index in [-0.39, 0.29) is 18.4 Å². The van der Waals surface area contributed by atoms with Gasteiger partial charge in [-0.3, -0.25) is 9.69 Å². The van der Waals surface area contributed by atoms with Crippen molar-refractivity contribution in [3.8, 4) is 0 Å². The largest absolute Gasteiger partial charge is 0.393 e. The summed E-state index contributed by atoms with van der Waals surface area (Å²) in [6.07, 6.45) is 2.15. The Hall–Kier alpha value is -0.680. The maximum atomic E-state index is 10.8. The van der Waals surface area contributed by atoms with Crippen molar-refractivity contribution in [2.45, 2.75) is 26.7 Å². The van der Waals surface area contributed by atoms with Crippen molar-refractivity contribution in [3.63, 3.8) is 0 Å². The Kier molecular flexibility index (Phi) is 7.25. The minimum Gasteiger partial charge on any atom is -0.393 e. The van der Waals surface area contributed by atoms with Gasteiger partial charge in [0.2, 0.25) is 5.91 Å². The highest BCUT2D eigenvalue weighted by Crippen LogP contribution is 2.02. The normalized spacial score (nSPS) is 12.7. The fourth-order valence-electron chi connectivity index (χ4n) is 1.31. The van der Waals surface area contributed by atoms with Crippen molar-refractivity contribution in [1.29, 1.82) is 0 Å². The molecule has 0 saturated heterocycles. The Labute approximate surface area is 97.0 Å². The van der Waals surface area contributed by atoms with Gasteiger partial charge >= 0.3 is 0 Å². The van der Waals surface area contributed by atoms with Crippen LogP contribution in [0.5, 0.6) is 0 Å². The first-order valence-electron chi connectivity index (χ1n) is 5.27. The number of hydrogen-bond donors (Lipinski definition) is 2. The summed E-state index contributed by atoms with van der Waals surface area (Å²) in [5.74, 6) is -0.183. The van der Waals surface area contributed by atoms with E-state index in [1.54, 1.807) is 0 Å². The molecule has 0 bridgehead atoms. The molecule has 0 rings (SSSR count). The van der Waals surface area contributed by atoms with E-state index in [2.05, 4.69) is 6.92 Å². The van der Waals surface area contributed by atoms with Gasteiger partial charge < -0.3 is 11.5 Å². The van der Waals surface area contributed by atoms with Crippen LogP contribution < -0.4 is 11.5 Å². The summed E-state index contributed by atoms with van der Waals surface area (Å²) in [7, 11) is 0. The van der Waals surface area contributed by atoms with E-state index < -0.39 is 0 Å². The Balaban J connectivity index is 4.10. The van der Waals surface area contributed by atoms with Crippen LogP contribution >= 0.6 is 12.2 Å². The zero-order valence-corrected chi connectivity index (χ0v) is 10.3. The Morgan fingerprint density at radius 2 is 2.07 bits per heavy atom.